The number of oxime groups is 1. The topological polar surface area (TPSA) is 84.4 Å². The second-order valence-corrected chi connectivity index (χ2v) is 5.98. The molecule has 0 radical (unpaired) electrons. The van der Waals surface area contributed by atoms with Crippen LogP contribution in [0, 0.1) is 13.8 Å². The highest BCUT2D eigenvalue weighted by atomic mass is 79.9. The molecule has 2 aromatic heterocycles. The van der Waals surface area contributed by atoms with Gasteiger partial charge in [0.05, 0.1) is 10.0 Å². The van der Waals surface area contributed by atoms with Crippen molar-refractivity contribution in [3.63, 3.8) is 0 Å². The Morgan fingerprint density at radius 2 is 2.20 bits per heavy atom. The highest BCUT2D eigenvalue weighted by Gasteiger charge is 2.15. The largest absolute Gasteiger partial charge is 0.409 e. The van der Waals surface area contributed by atoms with E-state index in [9.17, 15) is 0 Å². The fourth-order valence-electron chi connectivity index (χ4n) is 1.79. The Balaban J connectivity index is 2.53. The summed E-state index contributed by atoms with van der Waals surface area (Å²) in [6.07, 6.45) is 1.72. The third kappa shape index (κ3) is 3.10. The van der Waals surface area contributed by atoms with Gasteiger partial charge in [0.25, 0.3) is 0 Å². The predicted octanol–water partition coefficient (Wildman–Crippen LogP) is 3.10. The van der Waals surface area contributed by atoms with E-state index >= 15 is 0 Å². The Bertz CT molecular complexity index is 675. The Kier molecular flexibility index (Phi) is 4.61. The average Bonchev–Trinajstić information content (AvgIpc) is 2.40. The van der Waals surface area contributed by atoms with E-state index < -0.39 is 0 Å². The number of pyridine rings is 2. The zero-order valence-corrected chi connectivity index (χ0v) is 13.4. The minimum absolute atomic E-state index is 0.0459. The van der Waals surface area contributed by atoms with Crippen LogP contribution < -0.4 is 5.73 Å². The molecule has 0 saturated heterocycles. The van der Waals surface area contributed by atoms with E-state index in [1.807, 2.05) is 32.0 Å². The van der Waals surface area contributed by atoms with E-state index in [0.29, 0.717) is 5.56 Å². The number of aryl methyl sites for hydroxylation is 2. The molecule has 2 rings (SSSR count). The minimum atomic E-state index is 0.0459. The number of nitrogens with zero attached hydrogens (tertiary/aromatic N) is 3. The first-order valence-electron chi connectivity index (χ1n) is 5.77. The second kappa shape index (κ2) is 6.23. The number of halogens is 1. The van der Waals surface area contributed by atoms with Crippen molar-refractivity contribution >= 4 is 33.5 Å². The summed E-state index contributed by atoms with van der Waals surface area (Å²) in [6, 6.07) is 5.66. The van der Waals surface area contributed by atoms with Crippen molar-refractivity contribution in [1.82, 2.24) is 9.97 Å². The van der Waals surface area contributed by atoms with Crippen molar-refractivity contribution in [2.24, 2.45) is 10.9 Å². The van der Waals surface area contributed by atoms with Crippen molar-refractivity contribution in [3.8, 4) is 0 Å². The maximum absolute atomic E-state index is 8.93. The quantitative estimate of drug-likeness (QED) is 0.383. The van der Waals surface area contributed by atoms with Crippen LogP contribution in [-0.4, -0.2) is 21.0 Å². The first kappa shape index (κ1) is 14.8. The van der Waals surface area contributed by atoms with E-state index in [2.05, 4.69) is 31.1 Å². The maximum atomic E-state index is 8.93. The van der Waals surface area contributed by atoms with Crippen LogP contribution in [0.1, 0.15) is 17.0 Å². The van der Waals surface area contributed by atoms with Crippen LogP contribution in [0.2, 0.25) is 0 Å². The first-order chi connectivity index (χ1) is 9.52. The zero-order chi connectivity index (χ0) is 14.7. The van der Waals surface area contributed by atoms with E-state index in [1.165, 1.54) is 11.8 Å². The summed E-state index contributed by atoms with van der Waals surface area (Å²) in [4.78, 5) is 9.51. The maximum Gasteiger partial charge on any atom is 0.173 e. The summed E-state index contributed by atoms with van der Waals surface area (Å²) in [7, 11) is 0. The molecule has 0 spiro atoms. The molecule has 0 aliphatic heterocycles. The van der Waals surface area contributed by atoms with Gasteiger partial charge in [0.1, 0.15) is 5.03 Å². The van der Waals surface area contributed by atoms with Gasteiger partial charge in [-0.1, -0.05) is 16.9 Å². The molecule has 5 nitrogen and oxygen atoms in total. The molecule has 0 atom stereocenters. The summed E-state index contributed by atoms with van der Waals surface area (Å²) in [5, 5.41) is 12.8. The van der Waals surface area contributed by atoms with Crippen molar-refractivity contribution in [1.29, 1.82) is 0 Å². The molecule has 0 saturated carbocycles. The number of aromatic nitrogens is 2. The normalized spacial score (nSPS) is 11.7. The van der Waals surface area contributed by atoms with Crippen LogP contribution >= 0.6 is 27.7 Å². The van der Waals surface area contributed by atoms with Crippen molar-refractivity contribution in [2.75, 3.05) is 0 Å². The molecule has 3 N–H and O–H groups in total. The van der Waals surface area contributed by atoms with Gasteiger partial charge in [-0.3, -0.25) is 4.98 Å². The number of amidine groups is 1. The van der Waals surface area contributed by atoms with Gasteiger partial charge in [0, 0.05) is 22.5 Å². The Morgan fingerprint density at radius 3 is 2.85 bits per heavy atom. The molecule has 0 fully saturated rings. The average molecular weight is 353 g/mol. The summed E-state index contributed by atoms with van der Waals surface area (Å²) in [5.41, 5.74) is 7.96. The molecule has 0 aliphatic rings. The summed E-state index contributed by atoms with van der Waals surface area (Å²) >= 11 is 4.90. The lowest BCUT2D eigenvalue weighted by molar-refractivity contribution is 0.318. The van der Waals surface area contributed by atoms with Gasteiger partial charge in [-0.2, -0.15) is 0 Å². The SMILES string of the molecule is Cc1cc(Sc2ncccc2Br)c(/C(N)=N/O)c(C)n1. The lowest BCUT2D eigenvalue weighted by atomic mass is 10.1. The first-order valence-corrected chi connectivity index (χ1v) is 7.38. The van der Waals surface area contributed by atoms with Crippen LogP contribution in [0.25, 0.3) is 0 Å². The molecule has 7 heteroatoms. The molecule has 2 heterocycles. The minimum Gasteiger partial charge on any atom is -0.409 e. The molecule has 0 amide bonds. The van der Waals surface area contributed by atoms with Crippen molar-refractivity contribution in [2.45, 2.75) is 23.8 Å². The second-order valence-electron chi connectivity index (χ2n) is 4.10. The number of rotatable bonds is 3. The molecule has 0 unspecified atom stereocenters. The lowest BCUT2D eigenvalue weighted by Crippen LogP contribution is -2.17. The highest BCUT2D eigenvalue weighted by Crippen LogP contribution is 2.34. The van der Waals surface area contributed by atoms with Gasteiger partial charge in [0.15, 0.2) is 5.84 Å². The Hall–Kier alpha value is -1.60. The molecule has 0 aliphatic carbocycles. The summed E-state index contributed by atoms with van der Waals surface area (Å²) in [5.74, 6) is 0.0459. The molecule has 104 valence electrons. The Labute approximate surface area is 129 Å². The molecular weight excluding hydrogens is 340 g/mol. The van der Waals surface area contributed by atoms with Gasteiger partial charge in [-0.05, 0) is 48.0 Å². The van der Waals surface area contributed by atoms with E-state index in [1.54, 1.807) is 6.20 Å². The fraction of sp³-hybridized carbons (Fsp3) is 0.154. The third-order valence-corrected chi connectivity index (χ3v) is 4.55. The summed E-state index contributed by atoms with van der Waals surface area (Å²) < 4.78 is 0.891. The molecule has 2 aromatic rings. The van der Waals surface area contributed by atoms with Crippen LogP contribution in [0.3, 0.4) is 0 Å². The van der Waals surface area contributed by atoms with Crippen LogP contribution in [-0.2, 0) is 0 Å². The van der Waals surface area contributed by atoms with E-state index in [4.69, 9.17) is 10.9 Å². The van der Waals surface area contributed by atoms with Crippen molar-refractivity contribution < 1.29 is 5.21 Å². The van der Waals surface area contributed by atoms with E-state index in [-0.39, 0.29) is 5.84 Å². The molecular formula is C13H13BrN4OS. The van der Waals surface area contributed by atoms with Crippen molar-refractivity contribution in [3.05, 3.63) is 45.8 Å². The van der Waals surface area contributed by atoms with Gasteiger partial charge in [-0.25, -0.2) is 4.98 Å². The molecule has 20 heavy (non-hydrogen) atoms. The lowest BCUT2D eigenvalue weighted by Gasteiger charge is -2.12. The van der Waals surface area contributed by atoms with Crippen LogP contribution in [0.15, 0.2) is 43.9 Å². The van der Waals surface area contributed by atoms with Crippen LogP contribution in [0.5, 0.6) is 0 Å². The predicted molar refractivity (Wildman–Crippen MR) is 82.3 cm³/mol. The third-order valence-electron chi connectivity index (χ3n) is 2.59. The van der Waals surface area contributed by atoms with E-state index in [0.717, 1.165) is 25.8 Å². The molecule has 0 bridgehead atoms. The monoisotopic (exact) mass is 352 g/mol. The summed E-state index contributed by atoms with van der Waals surface area (Å²) in [6.45, 7) is 3.73. The number of hydrogen-bond donors (Lipinski definition) is 2. The van der Waals surface area contributed by atoms with Gasteiger partial charge >= 0.3 is 0 Å². The van der Waals surface area contributed by atoms with Crippen LogP contribution in [0.4, 0.5) is 0 Å². The van der Waals surface area contributed by atoms with Gasteiger partial charge < -0.3 is 10.9 Å². The highest BCUT2D eigenvalue weighted by molar-refractivity contribution is 9.10. The smallest absolute Gasteiger partial charge is 0.173 e. The fourth-order valence-corrected chi connectivity index (χ4v) is 3.35. The standard InChI is InChI=1S/C13H13BrN4OS/c1-7-6-10(11(8(2)17-7)12(15)18-19)20-13-9(14)4-3-5-16-13/h3-6,19H,1-2H3,(H2,15,18). The number of hydrogen-bond acceptors (Lipinski definition) is 5. The number of nitrogens with two attached hydrogens (primary N) is 1. The zero-order valence-electron chi connectivity index (χ0n) is 11.0. The Morgan fingerprint density at radius 1 is 1.45 bits per heavy atom. The molecule has 0 aromatic carbocycles. The van der Waals surface area contributed by atoms with Gasteiger partial charge in [-0.15, -0.1) is 0 Å². The van der Waals surface area contributed by atoms with Gasteiger partial charge in [0.2, 0.25) is 0 Å².